The molecule has 4 nitrogen and oxygen atoms in total. The van der Waals surface area contributed by atoms with Crippen molar-refractivity contribution in [3.05, 3.63) is 28.2 Å². The summed E-state index contributed by atoms with van der Waals surface area (Å²) in [5.74, 6) is 1.30. The van der Waals surface area contributed by atoms with Crippen molar-refractivity contribution in [2.45, 2.75) is 26.4 Å². The molecule has 0 saturated heterocycles. The molecular formula is C14H15ClN2O2S. The standard InChI is InChI=1S/C14H15ClN2O2S/c1-8(2)16-5-10-6-20-14(17-10)9-3-11(15)13-12(4-9)18-7-19-13/h3-4,6,8,16H,5,7H2,1-2H3. The predicted octanol–water partition coefficient (Wildman–Crippen LogP) is 3.69. The minimum atomic E-state index is 0.222. The van der Waals surface area contributed by atoms with E-state index in [4.69, 9.17) is 21.1 Å². The lowest BCUT2D eigenvalue weighted by Gasteiger charge is -2.05. The minimum absolute atomic E-state index is 0.222. The van der Waals surface area contributed by atoms with Gasteiger partial charge in [-0.05, 0) is 12.1 Å². The van der Waals surface area contributed by atoms with E-state index in [-0.39, 0.29) is 6.79 Å². The minimum Gasteiger partial charge on any atom is -0.454 e. The summed E-state index contributed by atoms with van der Waals surface area (Å²) in [6.45, 7) is 5.22. The summed E-state index contributed by atoms with van der Waals surface area (Å²) in [5.41, 5.74) is 1.99. The van der Waals surface area contributed by atoms with Crippen molar-refractivity contribution >= 4 is 22.9 Å². The molecule has 2 heterocycles. The second-order valence-electron chi connectivity index (χ2n) is 4.87. The van der Waals surface area contributed by atoms with Crippen molar-refractivity contribution in [3.63, 3.8) is 0 Å². The number of nitrogens with zero attached hydrogens (tertiary/aromatic N) is 1. The first-order valence-electron chi connectivity index (χ1n) is 6.41. The zero-order valence-electron chi connectivity index (χ0n) is 11.3. The molecule has 0 spiro atoms. The number of nitrogens with one attached hydrogen (secondary N) is 1. The molecule has 1 N–H and O–H groups in total. The Hall–Kier alpha value is -1.30. The van der Waals surface area contributed by atoms with Gasteiger partial charge in [-0.25, -0.2) is 4.98 Å². The van der Waals surface area contributed by atoms with Crippen LogP contribution in [0.1, 0.15) is 19.5 Å². The highest BCUT2D eigenvalue weighted by atomic mass is 35.5. The summed E-state index contributed by atoms with van der Waals surface area (Å²) in [7, 11) is 0. The third-order valence-corrected chi connectivity index (χ3v) is 4.14. The van der Waals surface area contributed by atoms with E-state index in [2.05, 4.69) is 29.5 Å². The molecule has 3 rings (SSSR count). The monoisotopic (exact) mass is 310 g/mol. The lowest BCUT2D eigenvalue weighted by atomic mass is 10.2. The van der Waals surface area contributed by atoms with Gasteiger partial charge in [0, 0.05) is 23.5 Å². The third-order valence-electron chi connectivity index (χ3n) is 2.92. The van der Waals surface area contributed by atoms with Gasteiger partial charge in [-0.3, -0.25) is 0 Å². The third kappa shape index (κ3) is 2.75. The van der Waals surface area contributed by atoms with Crippen LogP contribution in [0.15, 0.2) is 17.5 Å². The van der Waals surface area contributed by atoms with Gasteiger partial charge in [0.25, 0.3) is 0 Å². The Morgan fingerprint density at radius 3 is 3.05 bits per heavy atom. The maximum Gasteiger partial charge on any atom is 0.231 e. The van der Waals surface area contributed by atoms with Crippen LogP contribution in [0.3, 0.4) is 0 Å². The number of aromatic nitrogens is 1. The largest absolute Gasteiger partial charge is 0.454 e. The number of thiazole rings is 1. The Balaban J connectivity index is 1.84. The molecule has 1 aromatic carbocycles. The van der Waals surface area contributed by atoms with Crippen LogP contribution in [0.2, 0.25) is 5.02 Å². The molecule has 0 unspecified atom stereocenters. The molecule has 0 bridgehead atoms. The Morgan fingerprint density at radius 1 is 1.40 bits per heavy atom. The molecule has 1 aliphatic heterocycles. The van der Waals surface area contributed by atoms with Crippen molar-refractivity contribution in [2.75, 3.05) is 6.79 Å². The summed E-state index contributed by atoms with van der Waals surface area (Å²) >= 11 is 7.80. The maximum atomic E-state index is 6.19. The van der Waals surface area contributed by atoms with Crippen LogP contribution in [0.5, 0.6) is 11.5 Å². The number of fused-ring (bicyclic) bond motifs is 1. The molecule has 1 aromatic heterocycles. The molecular weight excluding hydrogens is 296 g/mol. The fourth-order valence-corrected chi connectivity index (χ4v) is 2.99. The smallest absolute Gasteiger partial charge is 0.231 e. The fourth-order valence-electron chi connectivity index (χ4n) is 1.92. The van der Waals surface area contributed by atoms with E-state index < -0.39 is 0 Å². The van der Waals surface area contributed by atoms with Crippen LogP contribution >= 0.6 is 22.9 Å². The average molecular weight is 311 g/mol. The summed E-state index contributed by atoms with van der Waals surface area (Å²) in [5, 5.41) is 6.91. The van der Waals surface area contributed by atoms with E-state index >= 15 is 0 Å². The highest BCUT2D eigenvalue weighted by molar-refractivity contribution is 7.13. The number of hydrogen-bond donors (Lipinski definition) is 1. The molecule has 6 heteroatoms. The van der Waals surface area contributed by atoms with Gasteiger partial charge < -0.3 is 14.8 Å². The van der Waals surface area contributed by atoms with E-state index in [1.165, 1.54) is 0 Å². The Morgan fingerprint density at radius 2 is 2.25 bits per heavy atom. The number of ether oxygens (including phenoxy) is 2. The quantitative estimate of drug-likeness (QED) is 0.935. The topological polar surface area (TPSA) is 43.4 Å². The molecule has 0 fully saturated rings. The number of halogens is 1. The SMILES string of the molecule is CC(C)NCc1csc(-c2cc(Cl)c3c(c2)OCO3)n1. The highest BCUT2D eigenvalue weighted by Crippen LogP contribution is 2.42. The van der Waals surface area contributed by atoms with E-state index in [9.17, 15) is 0 Å². The Kier molecular flexibility index (Phi) is 3.83. The first kappa shape index (κ1) is 13.7. The molecule has 0 saturated carbocycles. The fraction of sp³-hybridized carbons (Fsp3) is 0.357. The molecule has 2 aromatic rings. The lowest BCUT2D eigenvalue weighted by Crippen LogP contribution is -2.21. The molecule has 0 radical (unpaired) electrons. The van der Waals surface area contributed by atoms with Crippen LogP contribution in [0.4, 0.5) is 0 Å². The van der Waals surface area contributed by atoms with Crippen molar-refractivity contribution in [2.24, 2.45) is 0 Å². The summed E-state index contributed by atoms with van der Waals surface area (Å²) in [6, 6.07) is 4.24. The molecule has 20 heavy (non-hydrogen) atoms. The summed E-state index contributed by atoms with van der Waals surface area (Å²) < 4.78 is 10.7. The molecule has 0 aliphatic carbocycles. The Labute approximate surface area is 126 Å². The van der Waals surface area contributed by atoms with E-state index in [0.29, 0.717) is 22.6 Å². The van der Waals surface area contributed by atoms with Gasteiger partial charge in [0.2, 0.25) is 6.79 Å². The van der Waals surface area contributed by atoms with E-state index in [0.717, 1.165) is 22.8 Å². The van der Waals surface area contributed by atoms with Gasteiger partial charge in [-0.2, -0.15) is 0 Å². The van der Waals surface area contributed by atoms with Gasteiger partial charge in [0.15, 0.2) is 11.5 Å². The average Bonchev–Trinajstić information content (AvgIpc) is 3.05. The first-order chi connectivity index (χ1) is 9.63. The van der Waals surface area contributed by atoms with Gasteiger partial charge in [0.1, 0.15) is 5.01 Å². The van der Waals surface area contributed by atoms with Gasteiger partial charge in [0.05, 0.1) is 10.7 Å². The van der Waals surface area contributed by atoms with Crippen LogP contribution in [0, 0.1) is 0 Å². The second-order valence-corrected chi connectivity index (χ2v) is 6.14. The van der Waals surface area contributed by atoms with Crippen LogP contribution in [-0.2, 0) is 6.54 Å². The van der Waals surface area contributed by atoms with Crippen molar-refractivity contribution in [1.82, 2.24) is 10.3 Å². The van der Waals surface area contributed by atoms with Gasteiger partial charge in [-0.1, -0.05) is 25.4 Å². The first-order valence-corrected chi connectivity index (χ1v) is 7.66. The number of hydrogen-bond acceptors (Lipinski definition) is 5. The Bertz CT molecular complexity index is 628. The molecule has 0 amide bonds. The summed E-state index contributed by atoms with van der Waals surface area (Å²) in [4.78, 5) is 4.62. The maximum absolute atomic E-state index is 6.19. The van der Waals surface area contributed by atoms with Crippen molar-refractivity contribution < 1.29 is 9.47 Å². The van der Waals surface area contributed by atoms with Crippen molar-refractivity contribution in [3.8, 4) is 22.1 Å². The van der Waals surface area contributed by atoms with Crippen LogP contribution in [0.25, 0.3) is 10.6 Å². The lowest BCUT2D eigenvalue weighted by molar-refractivity contribution is 0.174. The normalized spacial score (nSPS) is 13.2. The summed E-state index contributed by atoms with van der Waals surface area (Å²) in [6.07, 6.45) is 0. The number of benzene rings is 1. The van der Waals surface area contributed by atoms with Crippen molar-refractivity contribution in [1.29, 1.82) is 0 Å². The number of rotatable bonds is 4. The van der Waals surface area contributed by atoms with E-state index in [1.54, 1.807) is 11.3 Å². The zero-order valence-corrected chi connectivity index (χ0v) is 12.8. The van der Waals surface area contributed by atoms with E-state index in [1.807, 2.05) is 12.1 Å². The van der Waals surface area contributed by atoms with Crippen LogP contribution in [-0.4, -0.2) is 17.8 Å². The second kappa shape index (κ2) is 5.60. The van der Waals surface area contributed by atoms with Gasteiger partial charge in [-0.15, -0.1) is 11.3 Å². The highest BCUT2D eigenvalue weighted by Gasteiger charge is 2.19. The van der Waals surface area contributed by atoms with Gasteiger partial charge >= 0.3 is 0 Å². The molecule has 1 aliphatic rings. The molecule has 0 atom stereocenters. The predicted molar refractivity (Wildman–Crippen MR) is 80.7 cm³/mol. The van der Waals surface area contributed by atoms with Crippen LogP contribution < -0.4 is 14.8 Å². The molecule has 106 valence electrons. The zero-order chi connectivity index (χ0) is 14.1.